The summed E-state index contributed by atoms with van der Waals surface area (Å²) in [6, 6.07) is 3.83. The fourth-order valence-electron chi connectivity index (χ4n) is 2.08. The molecule has 0 radical (unpaired) electrons. The van der Waals surface area contributed by atoms with E-state index in [-0.39, 0.29) is 12.5 Å². The molecule has 0 N–H and O–H groups in total. The van der Waals surface area contributed by atoms with Gasteiger partial charge >= 0.3 is 0 Å². The number of piperazine rings is 1. The van der Waals surface area contributed by atoms with Crippen molar-refractivity contribution in [2.45, 2.75) is 0 Å². The number of amides is 1. The molecule has 0 aromatic carbocycles. The molecule has 0 atom stereocenters. The first kappa shape index (κ1) is 13.6. The molecule has 1 fully saturated rings. The van der Waals surface area contributed by atoms with Gasteiger partial charge < -0.3 is 19.3 Å². The van der Waals surface area contributed by atoms with Crippen molar-refractivity contribution in [3.63, 3.8) is 0 Å². The van der Waals surface area contributed by atoms with Gasteiger partial charge in [-0.3, -0.25) is 4.79 Å². The standard InChI is InChI=1S/C13H19N3O3/c1-18-10-13(17)16-7-5-15(6-8-16)12-4-3-11(19-2)9-14-12/h3-4,9H,5-8,10H2,1-2H3. The fraction of sp³-hybridized carbons (Fsp3) is 0.538. The molecule has 0 aliphatic carbocycles. The second-order valence-electron chi connectivity index (χ2n) is 4.36. The molecule has 1 amide bonds. The Kier molecular flexibility index (Phi) is 4.57. The van der Waals surface area contributed by atoms with Gasteiger partial charge in [-0.05, 0) is 12.1 Å². The summed E-state index contributed by atoms with van der Waals surface area (Å²) in [4.78, 5) is 20.0. The highest BCUT2D eigenvalue weighted by Crippen LogP contribution is 2.17. The molecule has 6 nitrogen and oxygen atoms in total. The SMILES string of the molecule is COCC(=O)N1CCN(c2ccc(OC)cn2)CC1. The van der Waals surface area contributed by atoms with E-state index in [0.717, 1.165) is 24.7 Å². The number of pyridine rings is 1. The van der Waals surface area contributed by atoms with Crippen LogP contribution in [0.3, 0.4) is 0 Å². The lowest BCUT2D eigenvalue weighted by Gasteiger charge is -2.35. The molecule has 1 saturated heterocycles. The molecule has 2 rings (SSSR count). The summed E-state index contributed by atoms with van der Waals surface area (Å²) in [5.74, 6) is 1.71. The maximum Gasteiger partial charge on any atom is 0.248 e. The smallest absolute Gasteiger partial charge is 0.248 e. The summed E-state index contributed by atoms with van der Waals surface area (Å²) in [5.41, 5.74) is 0. The van der Waals surface area contributed by atoms with Crippen molar-refractivity contribution >= 4 is 11.7 Å². The topological polar surface area (TPSA) is 54.9 Å². The van der Waals surface area contributed by atoms with Crippen LogP contribution in [0.25, 0.3) is 0 Å². The van der Waals surface area contributed by atoms with Gasteiger partial charge in [-0.25, -0.2) is 4.98 Å². The maximum atomic E-state index is 11.7. The molecule has 1 aromatic heterocycles. The second-order valence-corrected chi connectivity index (χ2v) is 4.36. The zero-order valence-corrected chi connectivity index (χ0v) is 11.3. The summed E-state index contributed by atoms with van der Waals surface area (Å²) in [5, 5.41) is 0. The largest absolute Gasteiger partial charge is 0.495 e. The summed E-state index contributed by atoms with van der Waals surface area (Å²) >= 11 is 0. The number of ether oxygens (including phenoxy) is 2. The van der Waals surface area contributed by atoms with E-state index in [1.54, 1.807) is 13.3 Å². The number of rotatable bonds is 4. The number of hydrogen-bond donors (Lipinski definition) is 0. The Morgan fingerprint density at radius 2 is 2.00 bits per heavy atom. The molecule has 19 heavy (non-hydrogen) atoms. The number of hydrogen-bond acceptors (Lipinski definition) is 5. The minimum atomic E-state index is 0.0461. The van der Waals surface area contributed by atoms with E-state index < -0.39 is 0 Å². The number of carbonyl (C=O) groups is 1. The van der Waals surface area contributed by atoms with Crippen LogP contribution in [-0.4, -0.2) is 62.8 Å². The molecule has 0 unspecified atom stereocenters. The first-order valence-electron chi connectivity index (χ1n) is 6.26. The maximum absolute atomic E-state index is 11.7. The first-order valence-corrected chi connectivity index (χ1v) is 6.26. The molecule has 0 bridgehead atoms. The summed E-state index contributed by atoms with van der Waals surface area (Å²) < 4.78 is 9.95. The Morgan fingerprint density at radius 1 is 1.26 bits per heavy atom. The van der Waals surface area contributed by atoms with E-state index in [2.05, 4.69) is 9.88 Å². The van der Waals surface area contributed by atoms with Crippen molar-refractivity contribution in [1.29, 1.82) is 0 Å². The molecular weight excluding hydrogens is 246 g/mol. The highest BCUT2D eigenvalue weighted by molar-refractivity contribution is 5.77. The van der Waals surface area contributed by atoms with Gasteiger partial charge in [0, 0.05) is 33.3 Å². The predicted octanol–water partition coefficient (Wildman–Crippen LogP) is 0.385. The van der Waals surface area contributed by atoms with Gasteiger partial charge in [0.1, 0.15) is 18.2 Å². The molecular formula is C13H19N3O3. The van der Waals surface area contributed by atoms with Crippen molar-refractivity contribution in [2.24, 2.45) is 0 Å². The van der Waals surface area contributed by atoms with Gasteiger partial charge in [-0.15, -0.1) is 0 Å². The van der Waals surface area contributed by atoms with E-state index in [9.17, 15) is 4.79 Å². The van der Waals surface area contributed by atoms with Crippen LogP contribution in [0, 0.1) is 0 Å². The fourth-order valence-corrected chi connectivity index (χ4v) is 2.08. The lowest BCUT2D eigenvalue weighted by molar-refractivity contribution is -0.135. The van der Waals surface area contributed by atoms with Crippen LogP contribution < -0.4 is 9.64 Å². The average Bonchev–Trinajstić information content (AvgIpc) is 2.48. The third kappa shape index (κ3) is 3.35. The third-order valence-corrected chi connectivity index (χ3v) is 3.18. The normalized spacial score (nSPS) is 15.5. The van der Waals surface area contributed by atoms with Crippen molar-refractivity contribution < 1.29 is 14.3 Å². The number of methoxy groups -OCH3 is 2. The van der Waals surface area contributed by atoms with Gasteiger partial charge in [-0.2, -0.15) is 0 Å². The monoisotopic (exact) mass is 265 g/mol. The molecule has 0 saturated carbocycles. The van der Waals surface area contributed by atoms with E-state index in [1.165, 1.54) is 7.11 Å². The molecule has 6 heteroatoms. The Bertz CT molecular complexity index is 414. The Labute approximate surface area is 112 Å². The van der Waals surface area contributed by atoms with Crippen molar-refractivity contribution in [1.82, 2.24) is 9.88 Å². The van der Waals surface area contributed by atoms with E-state index in [1.807, 2.05) is 17.0 Å². The van der Waals surface area contributed by atoms with Gasteiger partial charge in [-0.1, -0.05) is 0 Å². The lowest BCUT2D eigenvalue weighted by atomic mass is 10.3. The molecule has 2 heterocycles. The predicted molar refractivity (Wildman–Crippen MR) is 71.5 cm³/mol. The Hall–Kier alpha value is -1.82. The summed E-state index contributed by atoms with van der Waals surface area (Å²) in [6.45, 7) is 3.14. The highest BCUT2D eigenvalue weighted by Gasteiger charge is 2.21. The van der Waals surface area contributed by atoms with E-state index in [0.29, 0.717) is 13.1 Å². The molecule has 104 valence electrons. The van der Waals surface area contributed by atoms with E-state index >= 15 is 0 Å². The molecule has 1 aliphatic rings. The number of carbonyl (C=O) groups excluding carboxylic acids is 1. The van der Waals surface area contributed by atoms with Crippen molar-refractivity contribution in [3.05, 3.63) is 18.3 Å². The van der Waals surface area contributed by atoms with E-state index in [4.69, 9.17) is 9.47 Å². The van der Waals surface area contributed by atoms with Crippen LogP contribution in [-0.2, 0) is 9.53 Å². The van der Waals surface area contributed by atoms with Crippen LogP contribution in [0.4, 0.5) is 5.82 Å². The average molecular weight is 265 g/mol. The minimum Gasteiger partial charge on any atom is -0.495 e. The highest BCUT2D eigenvalue weighted by atomic mass is 16.5. The molecule has 1 aliphatic heterocycles. The number of nitrogens with zero attached hydrogens (tertiary/aromatic N) is 3. The quantitative estimate of drug-likeness (QED) is 0.788. The third-order valence-electron chi connectivity index (χ3n) is 3.18. The Morgan fingerprint density at radius 3 is 2.53 bits per heavy atom. The van der Waals surface area contributed by atoms with Crippen LogP contribution in [0.15, 0.2) is 18.3 Å². The second kappa shape index (κ2) is 6.38. The molecule has 1 aromatic rings. The minimum absolute atomic E-state index is 0.0461. The van der Waals surface area contributed by atoms with Gasteiger partial charge in [0.05, 0.1) is 13.3 Å². The number of anilines is 1. The van der Waals surface area contributed by atoms with Crippen molar-refractivity contribution in [3.8, 4) is 5.75 Å². The van der Waals surface area contributed by atoms with Crippen LogP contribution in [0.5, 0.6) is 5.75 Å². The van der Waals surface area contributed by atoms with Crippen LogP contribution in [0.2, 0.25) is 0 Å². The van der Waals surface area contributed by atoms with Gasteiger partial charge in [0.25, 0.3) is 0 Å². The molecule has 0 spiro atoms. The zero-order valence-electron chi connectivity index (χ0n) is 11.3. The van der Waals surface area contributed by atoms with Crippen LogP contribution in [0.1, 0.15) is 0 Å². The summed E-state index contributed by atoms with van der Waals surface area (Å²) in [6.07, 6.45) is 1.71. The lowest BCUT2D eigenvalue weighted by Crippen LogP contribution is -2.49. The van der Waals surface area contributed by atoms with Gasteiger partial charge in [0.15, 0.2) is 0 Å². The zero-order chi connectivity index (χ0) is 13.7. The van der Waals surface area contributed by atoms with Gasteiger partial charge in [0.2, 0.25) is 5.91 Å². The summed E-state index contributed by atoms with van der Waals surface area (Å²) in [7, 11) is 3.16. The number of aromatic nitrogens is 1. The Balaban J connectivity index is 1.90. The van der Waals surface area contributed by atoms with Crippen LogP contribution >= 0.6 is 0 Å². The first-order chi connectivity index (χ1) is 9.24. The van der Waals surface area contributed by atoms with Crippen molar-refractivity contribution in [2.75, 3.05) is 51.9 Å².